The fourth-order valence-corrected chi connectivity index (χ4v) is 3.52. The molecule has 1 aromatic rings. The Bertz CT molecular complexity index is 595. The van der Waals surface area contributed by atoms with Gasteiger partial charge < -0.3 is 20.3 Å². The highest BCUT2D eigenvalue weighted by molar-refractivity contribution is 5.84. The highest BCUT2D eigenvalue weighted by atomic mass is 16.5. The minimum atomic E-state index is -0.331. The molecule has 0 aliphatic heterocycles. The van der Waals surface area contributed by atoms with Crippen LogP contribution in [0.2, 0.25) is 0 Å². The first-order valence-corrected chi connectivity index (χ1v) is 9.99. The Morgan fingerprint density at radius 2 is 1.89 bits per heavy atom. The summed E-state index contributed by atoms with van der Waals surface area (Å²) in [6.45, 7) is 4.81. The average molecular weight is 375 g/mol. The SMILES string of the molecule is CCNC(=NCC1(C(=O)N(C)C)CCCC1)NCCCOc1ccccc1. The fourth-order valence-electron chi connectivity index (χ4n) is 3.52. The summed E-state index contributed by atoms with van der Waals surface area (Å²) in [6, 6.07) is 9.84. The number of para-hydroxylation sites is 1. The van der Waals surface area contributed by atoms with Crippen LogP contribution in [0, 0.1) is 5.41 Å². The molecule has 0 aromatic heterocycles. The third-order valence-electron chi connectivity index (χ3n) is 4.93. The predicted octanol–water partition coefficient (Wildman–Crippen LogP) is 2.66. The van der Waals surface area contributed by atoms with Crippen molar-refractivity contribution in [3.63, 3.8) is 0 Å². The maximum atomic E-state index is 12.7. The smallest absolute Gasteiger partial charge is 0.230 e. The number of benzene rings is 1. The number of guanidine groups is 1. The van der Waals surface area contributed by atoms with Crippen molar-refractivity contribution in [1.82, 2.24) is 15.5 Å². The van der Waals surface area contributed by atoms with Crippen LogP contribution in [0.25, 0.3) is 0 Å². The van der Waals surface area contributed by atoms with Crippen LogP contribution in [0.1, 0.15) is 39.0 Å². The first-order chi connectivity index (χ1) is 13.1. The van der Waals surface area contributed by atoms with Gasteiger partial charge in [0.2, 0.25) is 5.91 Å². The van der Waals surface area contributed by atoms with Crippen molar-refractivity contribution in [2.45, 2.75) is 39.0 Å². The Morgan fingerprint density at radius 3 is 2.52 bits per heavy atom. The van der Waals surface area contributed by atoms with Crippen LogP contribution in [0.15, 0.2) is 35.3 Å². The van der Waals surface area contributed by atoms with E-state index in [1.54, 1.807) is 4.90 Å². The van der Waals surface area contributed by atoms with Crippen molar-refractivity contribution in [1.29, 1.82) is 0 Å². The molecule has 0 bridgehead atoms. The lowest BCUT2D eigenvalue weighted by Gasteiger charge is -2.29. The van der Waals surface area contributed by atoms with Gasteiger partial charge in [-0.25, -0.2) is 0 Å². The number of amides is 1. The summed E-state index contributed by atoms with van der Waals surface area (Å²) in [5.41, 5.74) is -0.331. The Morgan fingerprint density at radius 1 is 1.19 bits per heavy atom. The van der Waals surface area contributed by atoms with Gasteiger partial charge in [0.1, 0.15) is 5.75 Å². The van der Waals surface area contributed by atoms with E-state index in [1.165, 1.54) is 0 Å². The van der Waals surface area contributed by atoms with Crippen molar-refractivity contribution >= 4 is 11.9 Å². The Labute approximate surface area is 163 Å². The summed E-state index contributed by atoms with van der Waals surface area (Å²) in [5, 5.41) is 6.62. The van der Waals surface area contributed by atoms with Gasteiger partial charge in [-0.3, -0.25) is 9.79 Å². The van der Waals surface area contributed by atoms with Crippen LogP contribution >= 0.6 is 0 Å². The zero-order chi connectivity index (χ0) is 19.5. The van der Waals surface area contributed by atoms with E-state index in [0.29, 0.717) is 13.2 Å². The maximum Gasteiger partial charge on any atom is 0.230 e. The molecule has 0 saturated heterocycles. The molecule has 0 radical (unpaired) electrons. The second-order valence-electron chi connectivity index (χ2n) is 7.32. The number of carbonyl (C=O) groups excluding carboxylic acids is 1. The number of hydrogen-bond donors (Lipinski definition) is 2. The zero-order valence-electron chi connectivity index (χ0n) is 17.0. The summed E-state index contributed by atoms with van der Waals surface area (Å²) >= 11 is 0. The molecule has 6 nitrogen and oxygen atoms in total. The molecule has 1 aliphatic rings. The van der Waals surface area contributed by atoms with Crippen LogP contribution in [0.4, 0.5) is 0 Å². The second-order valence-corrected chi connectivity index (χ2v) is 7.32. The number of hydrogen-bond acceptors (Lipinski definition) is 3. The Kier molecular flexibility index (Phi) is 8.43. The molecule has 2 N–H and O–H groups in total. The van der Waals surface area contributed by atoms with Gasteiger partial charge in [0.05, 0.1) is 18.6 Å². The Balaban J connectivity index is 1.83. The molecule has 2 rings (SSSR count). The lowest BCUT2D eigenvalue weighted by Crippen LogP contribution is -2.43. The molecule has 1 fully saturated rings. The molecule has 1 saturated carbocycles. The quantitative estimate of drug-likeness (QED) is 0.396. The third kappa shape index (κ3) is 6.45. The van der Waals surface area contributed by atoms with Crippen molar-refractivity contribution < 1.29 is 9.53 Å². The largest absolute Gasteiger partial charge is 0.494 e. The van der Waals surface area contributed by atoms with E-state index in [9.17, 15) is 4.79 Å². The molecule has 6 heteroatoms. The van der Waals surface area contributed by atoms with E-state index >= 15 is 0 Å². The van der Waals surface area contributed by atoms with Gasteiger partial charge in [-0.1, -0.05) is 31.0 Å². The summed E-state index contributed by atoms with van der Waals surface area (Å²) in [6.07, 6.45) is 4.95. The van der Waals surface area contributed by atoms with E-state index in [-0.39, 0.29) is 11.3 Å². The third-order valence-corrected chi connectivity index (χ3v) is 4.93. The zero-order valence-corrected chi connectivity index (χ0v) is 17.0. The lowest BCUT2D eigenvalue weighted by molar-refractivity contribution is -0.138. The second kappa shape index (κ2) is 10.8. The van der Waals surface area contributed by atoms with E-state index in [2.05, 4.69) is 10.6 Å². The Hall–Kier alpha value is -2.24. The van der Waals surface area contributed by atoms with Crippen molar-refractivity contribution in [3.8, 4) is 5.75 Å². The summed E-state index contributed by atoms with van der Waals surface area (Å²) in [4.78, 5) is 19.1. The van der Waals surface area contributed by atoms with Gasteiger partial charge in [-0.2, -0.15) is 0 Å². The molecule has 27 heavy (non-hydrogen) atoms. The molecule has 150 valence electrons. The number of ether oxygens (including phenoxy) is 1. The van der Waals surface area contributed by atoms with Crippen LogP contribution in [0.3, 0.4) is 0 Å². The van der Waals surface area contributed by atoms with Crippen molar-refractivity contribution in [2.75, 3.05) is 40.3 Å². The molecule has 1 amide bonds. The normalized spacial score (nSPS) is 16.0. The van der Waals surface area contributed by atoms with Crippen molar-refractivity contribution in [2.24, 2.45) is 10.4 Å². The first kappa shape index (κ1) is 21.1. The lowest BCUT2D eigenvalue weighted by atomic mass is 9.85. The molecule has 0 atom stereocenters. The topological polar surface area (TPSA) is 66.0 Å². The first-order valence-electron chi connectivity index (χ1n) is 9.99. The number of nitrogens with one attached hydrogen (secondary N) is 2. The van der Waals surface area contributed by atoms with Gasteiger partial charge in [-0.15, -0.1) is 0 Å². The molecule has 0 spiro atoms. The van der Waals surface area contributed by atoms with Crippen LogP contribution in [0.5, 0.6) is 5.75 Å². The molecule has 1 aliphatic carbocycles. The standard InChI is InChI=1S/C21H34N4O2/c1-4-22-20(23-15-10-16-27-18-11-6-5-7-12-18)24-17-21(13-8-9-14-21)19(26)25(2)3/h5-7,11-12H,4,8-10,13-17H2,1-3H3,(H2,22,23,24). The van der Waals surface area contributed by atoms with Crippen molar-refractivity contribution in [3.05, 3.63) is 30.3 Å². The number of aliphatic imine (C=N–C) groups is 1. The highest BCUT2D eigenvalue weighted by Crippen LogP contribution is 2.39. The summed E-state index contributed by atoms with van der Waals surface area (Å²) in [7, 11) is 3.67. The molecular formula is C21H34N4O2. The van der Waals surface area contributed by atoms with Gasteiger partial charge in [0.15, 0.2) is 5.96 Å². The van der Waals surface area contributed by atoms with Crippen LogP contribution < -0.4 is 15.4 Å². The molecule has 1 aromatic carbocycles. The minimum Gasteiger partial charge on any atom is -0.494 e. The number of nitrogens with zero attached hydrogens (tertiary/aromatic N) is 2. The van der Waals surface area contributed by atoms with Crippen LogP contribution in [-0.2, 0) is 4.79 Å². The number of carbonyl (C=O) groups is 1. The van der Waals surface area contributed by atoms with Gasteiger partial charge in [0.25, 0.3) is 0 Å². The molecular weight excluding hydrogens is 340 g/mol. The maximum absolute atomic E-state index is 12.7. The summed E-state index contributed by atoms with van der Waals surface area (Å²) < 4.78 is 5.71. The van der Waals surface area contributed by atoms with E-state index in [0.717, 1.165) is 56.9 Å². The fraction of sp³-hybridized carbons (Fsp3) is 0.619. The highest BCUT2D eigenvalue weighted by Gasteiger charge is 2.41. The van der Waals surface area contributed by atoms with Gasteiger partial charge >= 0.3 is 0 Å². The summed E-state index contributed by atoms with van der Waals surface area (Å²) in [5.74, 6) is 1.87. The minimum absolute atomic E-state index is 0.204. The van der Waals surface area contributed by atoms with Gasteiger partial charge in [0, 0.05) is 27.2 Å². The average Bonchev–Trinajstić information content (AvgIpc) is 3.16. The van der Waals surface area contributed by atoms with E-state index in [4.69, 9.17) is 9.73 Å². The molecule has 0 unspecified atom stereocenters. The number of rotatable bonds is 9. The van der Waals surface area contributed by atoms with E-state index < -0.39 is 0 Å². The predicted molar refractivity (Wildman–Crippen MR) is 110 cm³/mol. The van der Waals surface area contributed by atoms with Gasteiger partial charge in [-0.05, 0) is 38.3 Å². The van der Waals surface area contributed by atoms with E-state index in [1.807, 2.05) is 51.4 Å². The molecule has 0 heterocycles. The monoisotopic (exact) mass is 374 g/mol. The van der Waals surface area contributed by atoms with Crippen LogP contribution in [-0.4, -0.2) is 57.1 Å².